The zero-order valence-electron chi connectivity index (χ0n) is 20.1. The average Bonchev–Trinajstić information content (AvgIpc) is 3.52. The molecule has 1 saturated heterocycles. The molecule has 2 amide bonds. The average molecular weight is 485 g/mol. The Bertz CT molecular complexity index is 1120. The van der Waals surface area contributed by atoms with Gasteiger partial charge in [-0.15, -0.1) is 11.3 Å². The van der Waals surface area contributed by atoms with Crippen LogP contribution in [-0.2, 0) is 9.59 Å². The van der Waals surface area contributed by atoms with Crippen molar-refractivity contribution in [2.24, 2.45) is 5.92 Å². The van der Waals surface area contributed by atoms with E-state index in [9.17, 15) is 14.7 Å². The molecule has 2 aliphatic rings. The summed E-state index contributed by atoms with van der Waals surface area (Å²) in [5, 5.41) is 17.2. The lowest BCUT2D eigenvalue weighted by Gasteiger charge is -2.28. The van der Waals surface area contributed by atoms with E-state index in [1.165, 1.54) is 15.4 Å². The van der Waals surface area contributed by atoms with Crippen molar-refractivity contribution in [2.45, 2.75) is 65.0 Å². The van der Waals surface area contributed by atoms with E-state index in [-0.39, 0.29) is 30.7 Å². The highest BCUT2D eigenvalue weighted by molar-refractivity contribution is 7.10. The Morgan fingerprint density at radius 2 is 2.09 bits per heavy atom. The van der Waals surface area contributed by atoms with Gasteiger partial charge in [0.05, 0.1) is 27.9 Å². The molecule has 3 atom stereocenters. The molecule has 9 heteroatoms. The topological polar surface area (TPSA) is 109 Å². The van der Waals surface area contributed by atoms with Crippen LogP contribution >= 0.6 is 11.3 Å². The molecule has 8 nitrogen and oxygen atoms in total. The van der Waals surface area contributed by atoms with Crippen LogP contribution in [0.5, 0.6) is 0 Å². The lowest BCUT2D eigenvalue weighted by Crippen LogP contribution is -2.48. The van der Waals surface area contributed by atoms with E-state index < -0.39 is 18.1 Å². The number of likely N-dealkylation sites (tertiary alicyclic amines) is 1. The van der Waals surface area contributed by atoms with Crippen LogP contribution in [0.25, 0.3) is 5.57 Å². The number of aromatic nitrogens is 2. The van der Waals surface area contributed by atoms with Crippen LogP contribution in [0.1, 0.15) is 61.1 Å². The van der Waals surface area contributed by atoms with Crippen molar-refractivity contribution in [3.05, 3.63) is 51.3 Å². The summed E-state index contributed by atoms with van der Waals surface area (Å²) in [6.45, 7) is 8.26. The van der Waals surface area contributed by atoms with Gasteiger partial charge in [-0.25, -0.2) is 4.98 Å². The van der Waals surface area contributed by atoms with E-state index >= 15 is 0 Å². The minimum atomic E-state index is -0.731. The second-order valence-electron chi connectivity index (χ2n) is 9.49. The highest BCUT2D eigenvalue weighted by Gasteiger charge is 2.43. The number of thiazole rings is 1. The predicted molar refractivity (Wildman–Crippen MR) is 130 cm³/mol. The highest BCUT2D eigenvalue weighted by atomic mass is 32.1. The largest absolute Gasteiger partial charge is 0.391 e. The zero-order chi connectivity index (χ0) is 24.4. The third-order valence-corrected chi connectivity index (χ3v) is 7.52. The maximum atomic E-state index is 13.5. The Morgan fingerprint density at radius 1 is 1.29 bits per heavy atom. The molecule has 2 N–H and O–H groups in total. The van der Waals surface area contributed by atoms with Crippen LogP contribution in [0.4, 0.5) is 0 Å². The third-order valence-electron chi connectivity index (χ3n) is 6.51. The first kappa shape index (κ1) is 24.3. The number of hydrogen-bond acceptors (Lipinski definition) is 7. The number of hydrogen-bond donors (Lipinski definition) is 2. The number of aliphatic hydroxyl groups is 1. The van der Waals surface area contributed by atoms with Gasteiger partial charge < -0.3 is 19.8 Å². The van der Waals surface area contributed by atoms with Crippen LogP contribution in [0, 0.1) is 19.8 Å². The van der Waals surface area contributed by atoms with Gasteiger partial charge >= 0.3 is 0 Å². The van der Waals surface area contributed by atoms with Gasteiger partial charge in [0.1, 0.15) is 17.7 Å². The SMILES string of the molecule is Cc1cc([C@H](C(=O)N2C[C@H](O)C[C@H]2C(=O)NCC2=CC=C(c3scnc3C)CC2)C(C)C)on1. The van der Waals surface area contributed by atoms with E-state index in [0.29, 0.717) is 18.0 Å². The van der Waals surface area contributed by atoms with Gasteiger partial charge in [-0.2, -0.15) is 0 Å². The zero-order valence-corrected chi connectivity index (χ0v) is 20.9. The monoisotopic (exact) mass is 484 g/mol. The summed E-state index contributed by atoms with van der Waals surface area (Å²) in [6, 6.07) is 1.05. The normalized spacial score (nSPS) is 21.4. The first-order chi connectivity index (χ1) is 16.2. The maximum absolute atomic E-state index is 13.5. The number of amides is 2. The summed E-state index contributed by atoms with van der Waals surface area (Å²) in [7, 11) is 0. The van der Waals surface area contributed by atoms with Crippen LogP contribution in [0.2, 0.25) is 0 Å². The van der Waals surface area contributed by atoms with Crippen LogP contribution < -0.4 is 5.32 Å². The van der Waals surface area contributed by atoms with Crippen LogP contribution in [0.15, 0.2) is 33.8 Å². The molecule has 182 valence electrons. The van der Waals surface area contributed by atoms with Gasteiger partial charge in [0.2, 0.25) is 11.8 Å². The molecule has 0 aromatic carbocycles. The lowest BCUT2D eigenvalue weighted by atomic mass is 9.91. The number of rotatable bonds is 7. The Morgan fingerprint density at radius 3 is 2.68 bits per heavy atom. The number of aryl methyl sites for hydroxylation is 2. The molecule has 3 heterocycles. The molecule has 0 unspecified atom stereocenters. The number of allylic oxidation sites excluding steroid dienone is 3. The Hall–Kier alpha value is -2.78. The van der Waals surface area contributed by atoms with Crippen LogP contribution in [-0.4, -0.2) is 57.2 Å². The van der Waals surface area contributed by atoms with Crippen molar-refractivity contribution in [3.63, 3.8) is 0 Å². The minimum absolute atomic E-state index is 0.0446. The van der Waals surface area contributed by atoms with E-state index in [1.54, 1.807) is 24.3 Å². The van der Waals surface area contributed by atoms with E-state index in [2.05, 4.69) is 27.6 Å². The molecule has 2 aromatic heterocycles. The molecule has 0 spiro atoms. The summed E-state index contributed by atoms with van der Waals surface area (Å²) in [4.78, 5) is 33.6. The fourth-order valence-electron chi connectivity index (χ4n) is 4.70. The molecule has 0 radical (unpaired) electrons. The van der Waals surface area contributed by atoms with Gasteiger partial charge in [0.25, 0.3) is 0 Å². The molecule has 1 fully saturated rings. The van der Waals surface area contributed by atoms with Crippen molar-refractivity contribution in [1.82, 2.24) is 20.4 Å². The van der Waals surface area contributed by atoms with Gasteiger partial charge in [-0.1, -0.05) is 36.7 Å². The summed E-state index contributed by atoms with van der Waals surface area (Å²) < 4.78 is 5.38. The van der Waals surface area contributed by atoms with E-state index in [0.717, 1.165) is 24.1 Å². The molecule has 0 bridgehead atoms. The standard InChI is InChI=1S/C25H32N4O4S/c1-14(2)22(21-9-15(3)28-33-21)25(32)29-12-19(30)10-20(29)24(31)26-11-17-5-7-18(8-6-17)23-16(4)27-13-34-23/h5,7,9,13-14,19-20,22,30H,6,8,10-12H2,1-4H3,(H,26,31)/t19-,20+,22-/m1/s1. The van der Waals surface area contributed by atoms with Gasteiger partial charge in [-0.05, 0) is 38.2 Å². The molecule has 34 heavy (non-hydrogen) atoms. The fraction of sp³-hybridized carbons (Fsp3) is 0.520. The molecular formula is C25H32N4O4S. The number of carbonyl (C=O) groups is 2. The quantitative estimate of drug-likeness (QED) is 0.624. The van der Waals surface area contributed by atoms with E-state index in [4.69, 9.17) is 4.52 Å². The smallest absolute Gasteiger partial charge is 0.243 e. The number of nitrogens with one attached hydrogen (secondary N) is 1. The molecule has 4 rings (SSSR count). The molecule has 0 saturated carbocycles. The second-order valence-corrected chi connectivity index (χ2v) is 10.3. The molecular weight excluding hydrogens is 452 g/mol. The summed E-state index contributed by atoms with van der Waals surface area (Å²) in [6.07, 6.45) is 5.43. The number of β-amino-alcohol motifs (C(OH)–C–C–N with tert-alkyl or cyclic N) is 1. The first-order valence-corrected chi connectivity index (χ1v) is 12.6. The number of carbonyl (C=O) groups excluding carboxylic acids is 2. The maximum Gasteiger partial charge on any atom is 0.243 e. The molecule has 1 aliphatic heterocycles. The fourth-order valence-corrected chi connectivity index (χ4v) is 5.56. The number of aliphatic hydroxyl groups excluding tert-OH is 1. The van der Waals surface area contributed by atoms with Gasteiger partial charge in [0, 0.05) is 25.6 Å². The third kappa shape index (κ3) is 5.15. The van der Waals surface area contributed by atoms with Crippen molar-refractivity contribution in [3.8, 4) is 0 Å². The Labute approximate surface area is 203 Å². The van der Waals surface area contributed by atoms with Gasteiger partial charge in [0.15, 0.2) is 0 Å². The number of nitrogens with zero attached hydrogens (tertiary/aromatic N) is 3. The van der Waals surface area contributed by atoms with Crippen molar-refractivity contribution in [2.75, 3.05) is 13.1 Å². The van der Waals surface area contributed by atoms with Crippen molar-refractivity contribution < 1.29 is 19.2 Å². The van der Waals surface area contributed by atoms with E-state index in [1.807, 2.05) is 26.3 Å². The minimum Gasteiger partial charge on any atom is -0.391 e. The Kier molecular flexibility index (Phi) is 7.33. The summed E-state index contributed by atoms with van der Waals surface area (Å²) >= 11 is 1.65. The molecule has 1 aliphatic carbocycles. The van der Waals surface area contributed by atoms with Crippen molar-refractivity contribution in [1.29, 1.82) is 0 Å². The van der Waals surface area contributed by atoms with Gasteiger partial charge in [-0.3, -0.25) is 9.59 Å². The second kappa shape index (κ2) is 10.2. The van der Waals surface area contributed by atoms with Crippen LogP contribution in [0.3, 0.4) is 0 Å². The Balaban J connectivity index is 1.42. The lowest BCUT2D eigenvalue weighted by molar-refractivity contribution is -0.140. The summed E-state index contributed by atoms with van der Waals surface area (Å²) in [5.74, 6) is -0.565. The molecule has 2 aromatic rings. The first-order valence-electron chi connectivity index (χ1n) is 11.7. The summed E-state index contributed by atoms with van der Waals surface area (Å²) in [5.41, 5.74) is 6.02. The predicted octanol–water partition coefficient (Wildman–Crippen LogP) is 3.37. The van der Waals surface area contributed by atoms with Crippen molar-refractivity contribution >= 4 is 28.7 Å². The highest BCUT2D eigenvalue weighted by Crippen LogP contribution is 2.32.